The molecule has 112 valence electrons. The monoisotopic (exact) mass is 298 g/mol. The van der Waals surface area contributed by atoms with Gasteiger partial charge >= 0.3 is 5.97 Å². The van der Waals surface area contributed by atoms with Gasteiger partial charge in [0.2, 0.25) is 0 Å². The number of halogens is 3. The highest BCUT2D eigenvalue weighted by atomic mass is 19.2. The number of aliphatic imine (C=N–C) groups is 1. The molecule has 0 radical (unpaired) electrons. The van der Waals surface area contributed by atoms with E-state index in [1.807, 2.05) is 0 Å². The van der Waals surface area contributed by atoms with Crippen molar-refractivity contribution in [2.24, 2.45) is 4.99 Å². The van der Waals surface area contributed by atoms with Gasteiger partial charge in [0, 0.05) is 17.8 Å². The van der Waals surface area contributed by atoms with E-state index in [0.29, 0.717) is 0 Å². The smallest absolute Gasteiger partial charge is 0.336 e. The number of aliphatic carboxylic acids is 1. The van der Waals surface area contributed by atoms with Gasteiger partial charge in [0.25, 0.3) is 0 Å². The molecule has 0 heterocycles. The highest BCUT2D eigenvalue weighted by molar-refractivity contribution is 6.14. The SMILES string of the molecule is Cc1c(F)c(F)cc(F)c1/C([O-])=C(/C=NC1CC1)C(=O)O. The van der Waals surface area contributed by atoms with Gasteiger partial charge in [-0.25, -0.2) is 18.0 Å². The summed E-state index contributed by atoms with van der Waals surface area (Å²) < 4.78 is 40.2. The number of carboxylic acids is 1. The van der Waals surface area contributed by atoms with Crippen LogP contribution >= 0.6 is 0 Å². The minimum absolute atomic E-state index is 0.0388. The van der Waals surface area contributed by atoms with E-state index in [1.54, 1.807) is 0 Å². The minimum atomic E-state index is -1.60. The quantitative estimate of drug-likeness (QED) is 0.399. The highest BCUT2D eigenvalue weighted by Crippen LogP contribution is 2.26. The molecule has 21 heavy (non-hydrogen) atoms. The maximum absolute atomic E-state index is 13.7. The maximum Gasteiger partial charge on any atom is 0.336 e. The van der Waals surface area contributed by atoms with E-state index in [-0.39, 0.29) is 12.1 Å². The van der Waals surface area contributed by atoms with Gasteiger partial charge in [-0.05, 0) is 25.3 Å². The van der Waals surface area contributed by atoms with Crippen LogP contribution in [-0.4, -0.2) is 23.3 Å². The summed E-state index contributed by atoms with van der Waals surface area (Å²) in [6.07, 6.45) is 2.43. The van der Waals surface area contributed by atoms with E-state index < -0.39 is 45.9 Å². The van der Waals surface area contributed by atoms with Crippen LogP contribution in [0, 0.1) is 24.4 Å². The Kier molecular flexibility index (Phi) is 4.02. The van der Waals surface area contributed by atoms with Crippen molar-refractivity contribution in [3.8, 4) is 0 Å². The summed E-state index contributed by atoms with van der Waals surface area (Å²) in [7, 11) is 0. The number of nitrogens with zero attached hydrogens (tertiary/aromatic N) is 1. The van der Waals surface area contributed by atoms with Crippen molar-refractivity contribution in [1.82, 2.24) is 0 Å². The lowest BCUT2D eigenvalue weighted by Gasteiger charge is -2.18. The fourth-order valence-corrected chi connectivity index (χ4v) is 1.74. The summed E-state index contributed by atoms with van der Waals surface area (Å²) in [6, 6.07) is 0.177. The Morgan fingerprint density at radius 2 is 2.00 bits per heavy atom. The highest BCUT2D eigenvalue weighted by Gasteiger charge is 2.21. The molecule has 1 aliphatic carbocycles. The zero-order valence-electron chi connectivity index (χ0n) is 11.0. The summed E-state index contributed by atoms with van der Waals surface area (Å²) in [4.78, 5) is 14.9. The first-order chi connectivity index (χ1) is 9.82. The summed E-state index contributed by atoms with van der Waals surface area (Å²) in [5.41, 5.74) is -2.15. The van der Waals surface area contributed by atoms with Crippen molar-refractivity contribution >= 4 is 17.9 Å². The molecule has 0 aliphatic heterocycles. The van der Waals surface area contributed by atoms with Crippen molar-refractivity contribution in [3.05, 3.63) is 40.2 Å². The molecular formula is C14H11F3NO3-. The van der Waals surface area contributed by atoms with Crippen molar-refractivity contribution in [1.29, 1.82) is 0 Å². The molecular weight excluding hydrogens is 287 g/mol. The van der Waals surface area contributed by atoms with Crippen LogP contribution in [0.15, 0.2) is 16.6 Å². The molecule has 1 fully saturated rings. The Bertz CT molecular complexity index is 664. The molecule has 0 bridgehead atoms. The van der Waals surface area contributed by atoms with Crippen molar-refractivity contribution < 1.29 is 28.2 Å². The lowest BCUT2D eigenvalue weighted by atomic mass is 10.0. The summed E-state index contributed by atoms with van der Waals surface area (Å²) in [5.74, 6) is -6.97. The molecule has 1 aliphatic rings. The van der Waals surface area contributed by atoms with Crippen LogP contribution in [0.2, 0.25) is 0 Å². The lowest BCUT2D eigenvalue weighted by Crippen LogP contribution is -2.17. The minimum Gasteiger partial charge on any atom is -0.871 e. The first-order valence-corrected chi connectivity index (χ1v) is 6.15. The third kappa shape index (κ3) is 3.07. The predicted molar refractivity (Wildman–Crippen MR) is 67.1 cm³/mol. The second-order valence-corrected chi connectivity index (χ2v) is 4.71. The average Bonchev–Trinajstić information content (AvgIpc) is 3.20. The molecule has 0 amide bonds. The van der Waals surface area contributed by atoms with Crippen molar-refractivity contribution in [2.75, 3.05) is 0 Å². The molecule has 0 unspecified atom stereocenters. The third-order valence-electron chi connectivity index (χ3n) is 3.07. The number of hydrogen-bond donors (Lipinski definition) is 1. The summed E-state index contributed by atoms with van der Waals surface area (Å²) in [6.45, 7) is 1.01. The standard InChI is InChI=1S/C14H12F3NO3/c1-6-11(9(15)4-10(16)12(6)17)13(19)8(14(20)21)5-18-7-2-3-7/h4-5,7,19H,2-3H2,1H3,(H,20,21)/p-1/b13-8+,18-5?. The van der Waals surface area contributed by atoms with Crippen LogP contribution in [0.4, 0.5) is 13.2 Å². The molecule has 1 aromatic rings. The van der Waals surface area contributed by atoms with Crippen LogP contribution in [0.1, 0.15) is 24.0 Å². The molecule has 2 rings (SSSR count). The normalized spacial score (nSPS) is 16.2. The van der Waals surface area contributed by atoms with Crippen LogP contribution in [0.3, 0.4) is 0 Å². The van der Waals surface area contributed by atoms with Gasteiger partial charge in [0.1, 0.15) is 5.82 Å². The zero-order chi connectivity index (χ0) is 15.7. The number of benzene rings is 1. The Balaban J connectivity index is 2.58. The molecule has 1 N–H and O–H groups in total. The summed E-state index contributed by atoms with van der Waals surface area (Å²) in [5, 5.41) is 21.1. The first-order valence-electron chi connectivity index (χ1n) is 6.15. The Morgan fingerprint density at radius 1 is 1.38 bits per heavy atom. The Morgan fingerprint density at radius 3 is 2.52 bits per heavy atom. The van der Waals surface area contributed by atoms with Crippen LogP contribution in [0.25, 0.3) is 5.76 Å². The topological polar surface area (TPSA) is 72.7 Å². The molecule has 0 atom stereocenters. The zero-order valence-corrected chi connectivity index (χ0v) is 11.0. The molecule has 1 saturated carbocycles. The van der Waals surface area contributed by atoms with E-state index in [4.69, 9.17) is 5.11 Å². The summed E-state index contributed by atoms with van der Waals surface area (Å²) >= 11 is 0. The molecule has 7 heteroatoms. The second kappa shape index (κ2) is 5.59. The van der Waals surface area contributed by atoms with E-state index in [1.165, 1.54) is 0 Å². The predicted octanol–water partition coefficient (Wildman–Crippen LogP) is 1.80. The molecule has 0 aromatic heterocycles. The Labute approximate surface area is 118 Å². The fourth-order valence-electron chi connectivity index (χ4n) is 1.74. The number of carboxylic acid groups (broad SMARTS) is 1. The van der Waals surface area contributed by atoms with Crippen LogP contribution in [-0.2, 0) is 4.79 Å². The van der Waals surface area contributed by atoms with Gasteiger partial charge in [-0.15, -0.1) is 0 Å². The largest absolute Gasteiger partial charge is 0.871 e. The molecule has 0 spiro atoms. The third-order valence-corrected chi connectivity index (χ3v) is 3.07. The van der Waals surface area contributed by atoms with Crippen LogP contribution in [0.5, 0.6) is 0 Å². The van der Waals surface area contributed by atoms with E-state index in [2.05, 4.69) is 4.99 Å². The maximum atomic E-state index is 13.7. The first kappa shape index (κ1) is 15.1. The molecule has 1 aromatic carbocycles. The lowest BCUT2D eigenvalue weighted by molar-refractivity contribution is -0.245. The van der Waals surface area contributed by atoms with E-state index in [9.17, 15) is 23.1 Å². The molecule has 0 saturated heterocycles. The van der Waals surface area contributed by atoms with E-state index in [0.717, 1.165) is 26.0 Å². The van der Waals surface area contributed by atoms with Gasteiger partial charge in [0.15, 0.2) is 11.6 Å². The molecule has 4 nitrogen and oxygen atoms in total. The van der Waals surface area contributed by atoms with Gasteiger partial charge in [-0.3, -0.25) is 4.99 Å². The fraction of sp³-hybridized carbons (Fsp3) is 0.286. The van der Waals surface area contributed by atoms with Gasteiger partial charge in [0.05, 0.1) is 11.6 Å². The number of rotatable bonds is 4. The van der Waals surface area contributed by atoms with E-state index >= 15 is 0 Å². The Hall–Kier alpha value is -2.31. The van der Waals surface area contributed by atoms with Gasteiger partial charge < -0.3 is 10.2 Å². The van der Waals surface area contributed by atoms with Crippen LogP contribution < -0.4 is 5.11 Å². The van der Waals surface area contributed by atoms with Crippen molar-refractivity contribution in [3.63, 3.8) is 0 Å². The average molecular weight is 298 g/mol. The second-order valence-electron chi connectivity index (χ2n) is 4.71. The van der Waals surface area contributed by atoms with Gasteiger partial charge in [-0.2, -0.15) is 0 Å². The number of carbonyl (C=O) groups is 1. The number of hydrogen-bond acceptors (Lipinski definition) is 3. The van der Waals surface area contributed by atoms with Gasteiger partial charge in [-0.1, -0.05) is 5.76 Å². The van der Waals surface area contributed by atoms with Crippen molar-refractivity contribution in [2.45, 2.75) is 25.8 Å².